The first-order valence-electron chi connectivity index (χ1n) is 14.7. The first-order chi connectivity index (χ1) is 21.9. The topological polar surface area (TPSA) is 111 Å². The van der Waals surface area contributed by atoms with Crippen LogP contribution in [0.4, 0.5) is 11.4 Å². The Kier molecular flexibility index (Phi) is 7.11. The molecule has 0 saturated heterocycles. The Morgan fingerprint density at radius 1 is 0.533 bits per heavy atom. The highest BCUT2D eigenvalue weighted by molar-refractivity contribution is 6.06. The SMILES string of the molecule is Cc1cc(NC(=N)c2ccc3ccccc3n2)ccc1-c1ccc(-c2ccc(NC(=N)c3ccc4ccccc4n3)cc2C)o1. The molecule has 0 spiro atoms. The summed E-state index contributed by atoms with van der Waals surface area (Å²) in [5.74, 6) is 2.02. The van der Waals surface area contributed by atoms with Gasteiger partial charge < -0.3 is 15.1 Å². The van der Waals surface area contributed by atoms with Crippen molar-refractivity contribution in [3.63, 3.8) is 0 Å². The van der Waals surface area contributed by atoms with Gasteiger partial charge in [-0.1, -0.05) is 48.5 Å². The lowest BCUT2D eigenvalue weighted by molar-refractivity contribution is 0.596. The highest BCUT2D eigenvalue weighted by Crippen LogP contribution is 2.34. The van der Waals surface area contributed by atoms with E-state index >= 15 is 0 Å². The molecule has 0 aliphatic carbocycles. The number of aryl methyl sites for hydroxylation is 2. The number of anilines is 2. The summed E-state index contributed by atoms with van der Waals surface area (Å²) in [6.07, 6.45) is 0. The molecule has 0 radical (unpaired) electrons. The van der Waals surface area contributed by atoms with Gasteiger partial charge in [0.1, 0.15) is 34.6 Å². The lowest BCUT2D eigenvalue weighted by atomic mass is 10.0. The summed E-state index contributed by atoms with van der Waals surface area (Å²) in [4.78, 5) is 9.24. The number of hydrogen-bond donors (Lipinski definition) is 4. The molecule has 3 aromatic heterocycles. The van der Waals surface area contributed by atoms with Crippen LogP contribution in [-0.2, 0) is 0 Å². The zero-order valence-electron chi connectivity index (χ0n) is 24.8. The predicted octanol–water partition coefficient (Wildman–Crippen LogP) is 9.20. The Bertz CT molecular complexity index is 2090. The average molecular weight is 587 g/mol. The van der Waals surface area contributed by atoms with Gasteiger partial charge in [-0.05, 0) is 97.8 Å². The molecule has 0 aliphatic rings. The monoisotopic (exact) mass is 586 g/mol. The van der Waals surface area contributed by atoms with Gasteiger partial charge in [0.2, 0.25) is 0 Å². The lowest BCUT2D eigenvalue weighted by Crippen LogP contribution is -2.13. The maximum Gasteiger partial charge on any atom is 0.148 e. The highest BCUT2D eigenvalue weighted by atomic mass is 16.3. The van der Waals surface area contributed by atoms with Gasteiger partial charge in [-0.2, -0.15) is 0 Å². The van der Waals surface area contributed by atoms with Gasteiger partial charge in [0.05, 0.1) is 11.0 Å². The van der Waals surface area contributed by atoms with E-state index in [4.69, 9.17) is 15.2 Å². The molecule has 0 saturated carbocycles. The molecule has 0 fully saturated rings. The lowest BCUT2D eigenvalue weighted by Gasteiger charge is -2.11. The summed E-state index contributed by atoms with van der Waals surface area (Å²) < 4.78 is 6.33. The van der Waals surface area contributed by atoms with Crippen LogP contribution in [0.2, 0.25) is 0 Å². The molecule has 0 amide bonds. The van der Waals surface area contributed by atoms with E-state index in [1.54, 1.807) is 0 Å². The molecule has 7 aromatic rings. The maximum atomic E-state index is 8.56. The van der Waals surface area contributed by atoms with Crippen molar-refractivity contribution >= 4 is 44.9 Å². The van der Waals surface area contributed by atoms with E-state index in [0.717, 1.165) is 67.0 Å². The first-order valence-corrected chi connectivity index (χ1v) is 14.7. The molecule has 45 heavy (non-hydrogen) atoms. The zero-order valence-corrected chi connectivity index (χ0v) is 24.8. The van der Waals surface area contributed by atoms with Crippen LogP contribution in [0, 0.1) is 24.7 Å². The Morgan fingerprint density at radius 3 is 1.42 bits per heavy atom. The van der Waals surface area contributed by atoms with Crippen molar-refractivity contribution in [2.75, 3.05) is 10.6 Å². The van der Waals surface area contributed by atoms with Crippen molar-refractivity contribution in [1.29, 1.82) is 10.8 Å². The molecule has 4 aromatic carbocycles. The smallest absolute Gasteiger partial charge is 0.148 e. The summed E-state index contributed by atoms with van der Waals surface area (Å²) in [5, 5.41) is 25.6. The third-order valence-electron chi connectivity index (χ3n) is 7.84. The van der Waals surface area contributed by atoms with E-state index in [0.29, 0.717) is 11.4 Å². The number of benzene rings is 4. The number of pyridine rings is 2. The number of rotatable bonds is 6. The van der Waals surface area contributed by atoms with Gasteiger partial charge in [0, 0.05) is 33.3 Å². The molecule has 4 N–H and O–H groups in total. The summed E-state index contributed by atoms with van der Waals surface area (Å²) in [6, 6.07) is 39.4. The van der Waals surface area contributed by atoms with Crippen LogP contribution in [0.5, 0.6) is 0 Å². The number of nitrogens with zero attached hydrogens (tertiary/aromatic N) is 2. The summed E-state index contributed by atoms with van der Waals surface area (Å²) in [5.41, 5.74) is 8.53. The maximum absolute atomic E-state index is 8.56. The third-order valence-corrected chi connectivity index (χ3v) is 7.84. The number of hydrogen-bond acceptors (Lipinski definition) is 5. The summed E-state index contributed by atoms with van der Waals surface area (Å²) in [6.45, 7) is 4.07. The van der Waals surface area contributed by atoms with Crippen molar-refractivity contribution in [3.8, 4) is 22.6 Å². The van der Waals surface area contributed by atoms with Gasteiger partial charge in [-0.15, -0.1) is 0 Å². The fraction of sp³-hybridized carbons (Fsp3) is 0.0526. The van der Waals surface area contributed by atoms with Crippen molar-refractivity contribution in [2.45, 2.75) is 13.8 Å². The molecule has 0 bridgehead atoms. The largest absolute Gasteiger partial charge is 0.456 e. The van der Waals surface area contributed by atoms with E-state index in [1.807, 2.05) is 135 Å². The molecule has 0 aliphatic heterocycles. The minimum absolute atomic E-state index is 0.241. The fourth-order valence-corrected chi connectivity index (χ4v) is 5.49. The standard InChI is InChI=1S/C38H30N6O/c1-23-21-27(41-37(39)33-17-11-25-7-3-5-9-31(25)43-33)13-15-29(23)35-19-20-36(45-35)30-16-14-28(22-24(30)2)42-38(40)34-18-12-26-8-4-6-10-32(26)44-34/h3-22H,1-2H3,(H2,39,41)(H2,40,42). The minimum atomic E-state index is 0.241. The van der Waals surface area contributed by atoms with Crippen LogP contribution in [0.15, 0.2) is 126 Å². The second-order valence-electron chi connectivity index (χ2n) is 11.0. The average Bonchev–Trinajstić information content (AvgIpc) is 3.54. The van der Waals surface area contributed by atoms with Crippen LogP contribution in [0.3, 0.4) is 0 Å². The Hall–Kier alpha value is -6.08. The molecule has 0 unspecified atom stereocenters. The Labute approximate surface area is 260 Å². The molecule has 3 heterocycles. The molecule has 218 valence electrons. The number of aromatic nitrogens is 2. The van der Waals surface area contributed by atoms with Crippen LogP contribution in [0.25, 0.3) is 44.5 Å². The normalized spacial score (nSPS) is 11.1. The van der Waals surface area contributed by atoms with Crippen LogP contribution in [-0.4, -0.2) is 21.6 Å². The molecule has 0 atom stereocenters. The van der Waals surface area contributed by atoms with Gasteiger partial charge in [0.25, 0.3) is 0 Å². The molecule has 7 rings (SSSR count). The second-order valence-corrected chi connectivity index (χ2v) is 11.0. The quantitative estimate of drug-likeness (QED) is 0.115. The number of furan rings is 1. The Balaban J connectivity index is 1.05. The number of fused-ring (bicyclic) bond motifs is 2. The third kappa shape index (κ3) is 5.67. The van der Waals surface area contributed by atoms with Crippen molar-refractivity contribution in [2.24, 2.45) is 0 Å². The summed E-state index contributed by atoms with van der Waals surface area (Å²) >= 11 is 0. The van der Waals surface area contributed by atoms with E-state index in [-0.39, 0.29) is 11.7 Å². The van der Waals surface area contributed by atoms with Gasteiger partial charge >= 0.3 is 0 Å². The molecular formula is C38H30N6O. The van der Waals surface area contributed by atoms with Crippen molar-refractivity contribution < 1.29 is 4.42 Å². The zero-order chi connectivity index (χ0) is 30.9. The van der Waals surface area contributed by atoms with Crippen LogP contribution >= 0.6 is 0 Å². The van der Waals surface area contributed by atoms with Gasteiger partial charge in [0.15, 0.2) is 0 Å². The number of para-hydroxylation sites is 2. The van der Waals surface area contributed by atoms with Crippen molar-refractivity contribution in [1.82, 2.24) is 9.97 Å². The van der Waals surface area contributed by atoms with E-state index < -0.39 is 0 Å². The van der Waals surface area contributed by atoms with Gasteiger partial charge in [-0.25, -0.2) is 9.97 Å². The highest BCUT2D eigenvalue weighted by Gasteiger charge is 2.14. The van der Waals surface area contributed by atoms with E-state index in [1.165, 1.54) is 0 Å². The number of nitrogens with one attached hydrogen (secondary N) is 4. The van der Waals surface area contributed by atoms with Crippen LogP contribution in [0.1, 0.15) is 22.5 Å². The fourth-order valence-electron chi connectivity index (χ4n) is 5.49. The van der Waals surface area contributed by atoms with E-state index in [2.05, 4.69) is 20.6 Å². The summed E-state index contributed by atoms with van der Waals surface area (Å²) in [7, 11) is 0. The molecule has 7 nitrogen and oxygen atoms in total. The van der Waals surface area contributed by atoms with Gasteiger partial charge in [-0.3, -0.25) is 10.8 Å². The second kappa shape index (κ2) is 11.5. The van der Waals surface area contributed by atoms with Crippen molar-refractivity contribution in [3.05, 3.63) is 144 Å². The predicted molar refractivity (Wildman–Crippen MR) is 183 cm³/mol. The van der Waals surface area contributed by atoms with E-state index in [9.17, 15) is 0 Å². The first kappa shape index (κ1) is 27.7. The Morgan fingerprint density at radius 2 is 0.978 bits per heavy atom. The minimum Gasteiger partial charge on any atom is -0.456 e. The molecule has 7 heteroatoms. The van der Waals surface area contributed by atoms with Crippen LogP contribution < -0.4 is 10.6 Å². The molecular weight excluding hydrogens is 556 g/mol. The number of amidine groups is 2.